The normalized spacial score (nSPS) is 16.9. The summed E-state index contributed by atoms with van der Waals surface area (Å²) in [7, 11) is 0. The highest BCUT2D eigenvalue weighted by Gasteiger charge is 2.18. The van der Waals surface area contributed by atoms with Crippen LogP contribution in [0.1, 0.15) is 67.2 Å². The van der Waals surface area contributed by atoms with Crippen LogP contribution in [0.15, 0.2) is 0 Å². The van der Waals surface area contributed by atoms with Gasteiger partial charge in [-0.15, -0.1) is 0 Å². The summed E-state index contributed by atoms with van der Waals surface area (Å²) in [5.74, 6) is 1.70. The van der Waals surface area contributed by atoms with Crippen molar-refractivity contribution < 1.29 is 0 Å². The van der Waals surface area contributed by atoms with Gasteiger partial charge in [-0.05, 0) is 63.7 Å². The summed E-state index contributed by atoms with van der Waals surface area (Å²) in [5.41, 5.74) is 0. The SMILES string of the molecule is CC(C)C(C)C.CCCN(CCC)C1CCNCC1. The molecule has 0 aromatic carbocycles. The van der Waals surface area contributed by atoms with Crippen LogP contribution in [0.5, 0.6) is 0 Å². The van der Waals surface area contributed by atoms with Gasteiger partial charge in [0, 0.05) is 6.04 Å². The predicted octanol–water partition coefficient (Wildman–Crippen LogP) is 4.16. The molecule has 0 amide bonds. The average molecular weight is 271 g/mol. The van der Waals surface area contributed by atoms with Crippen molar-refractivity contribution in [1.82, 2.24) is 10.2 Å². The first-order valence-corrected chi connectivity index (χ1v) is 8.47. The van der Waals surface area contributed by atoms with E-state index in [0.29, 0.717) is 0 Å². The molecule has 2 nitrogen and oxygen atoms in total. The van der Waals surface area contributed by atoms with Crippen molar-refractivity contribution in [3.05, 3.63) is 0 Å². The Morgan fingerprint density at radius 2 is 1.32 bits per heavy atom. The number of hydrogen-bond acceptors (Lipinski definition) is 2. The molecule has 0 spiro atoms. The molecule has 0 aromatic heterocycles. The van der Waals surface area contributed by atoms with E-state index in [1.54, 1.807) is 0 Å². The number of nitrogens with one attached hydrogen (secondary N) is 1. The van der Waals surface area contributed by atoms with Gasteiger partial charge in [-0.2, -0.15) is 0 Å². The fourth-order valence-electron chi connectivity index (χ4n) is 2.22. The third-order valence-corrected chi connectivity index (χ3v) is 4.18. The zero-order valence-electron chi connectivity index (χ0n) is 14.3. The summed E-state index contributed by atoms with van der Waals surface area (Å²) in [4.78, 5) is 2.68. The maximum Gasteiger partial charge on any atom is 0.0119 e. The molecule has 1 saturated heterocycles. The van der Waals surface area contributed by atoms with Gasteiger partial charge in [0.15, 0.2) is 0 Å². The van der Waals surface area contributed by atoms with E-state index in [-0.39, 0.29) is 0 Å². The fraction of sp³-hybridized carbons (Fsp3) is 1.00. The Kier molecular flexibility index (Phi) is 11.7. The van der Waals surface area contributed by atoms with Crippen molar-refractivity contribution in [2.75, 3.05) is 26.2 Å². The van der Waals surface area contributed by atoms with E-state index in [2.05, 4.69) is 51.8 Å². The Morgan fingerprint density at radius 3 is 1.63 bits per heavy atom. The molecule has 0 saturated carbocycles. The average Bonchev–Trinajstić information content (AvgIpc) is 2.40. The monoisotopic (exact) mass is 270 g/mol. The van der Waals surface area contributed by atoms with E-state index < -0.39 is 0 Å². The maximum atomic E-state index is 3.43. The number of piperidine rings is 1. The molecule has 19 heavy (non-hydrogen) atoms. The molecule has 116 valence electrons. The van der Waals surface area contributed by atoms with Gasteiger partial charge in [-0.1, -0.05) is 41.5 Å². The van der Waals surface area contributed by atoms with Crippen LogP contribution in [-0.2, 0) is 0 Å². The third kappa shape index (κ3) is 9.45. The lowest BCUT2D eigenvalue weighted by atomic mass is 10.0. The minimum atomic E-state index is 0.852. The largest absolute Gasteiger partial charge is 0.317 e. The van der Waals surface area contributed by atoms with Crippen LogP contribution in [0.3, 0.4) is 0 Å². The highest BCUT2D eigenvalue weighted by Crippen LogP contribution is 2.12. The van der Waals surface area contributed by atoms with Crippen LogP contribution in [0.2, 0.25) is 0 Å². The Hall–Kier alpha value is -0.0800. The second-order valence-corrected chi connectivity index (χ2v) is 6.51. The number of rotatable bonds is 6. The summed E-state index contributed by atoms with van der Waals surface area (Å²) in [6, 6.07) is 0.862. The number of hydrogen-bond donors (Lipinski definition) is 1. The van der Waals surface area contributed by atoms with Crippen LogP contribution in [-0.4, -0.2) is 37.1 Å². The van der Waals surface area contributed by atoms with E-state index in [1.165, 1.54) is 51.9 Å². The lowest BCUT2D eigenvalue weighted by Gasteiger charge is -2.34. The summed E-state index contributed by atoms with van der Waals surface area (Å²) >= 11 is 0. The zero-order valence-corrected chi connectivity index (χ0v) is 14.3. The van der Waals surface area contributed by atoms with Crippen molar-refractivity contribution in [3.8, 4) is 0 Å². The van der Waals surface area contributed by atoms with Gasteiger partial charge in [0.05, 0.1) is 0 Å². The molecule has 1 fully saturated rings. The molecule has 1 aliphatic rings. The first-order chi connectivity index (χ1) is 9.02. The van der Waals surface area contributed by atoms with Gasteiger partial charge in [0.1, 0.15) is 0 Å². The first kappa shape index (κ1) is 18.9. The van der Waals surface area contributed by atoms with Crippen molar-refractivity contribution >= 4 is 0 Å². The molecule has 0 bridgehead atoms. The van der Waals surface area contributed by atoms with E-state index in [9.17, 15) is 0 Å². The summed E-state index contributed by atoms with van der Waals surface area (Å²) in [6.07, 6.45) is 5.29. The third-order valence-electron chi connectivity index (χ3n) is 4.18. The summed E-state index contributed by atoms with van der Waals surface area (Å²) < 4.78 is 0. The molecule has 0 unspecified atom stereocenters. The topological polar surface area (TPSA) is 15.3 Å². The Balaban J connectivity index is 0.000000459. The fourth-order valence-corrected chi connectivity index (χ4v) is 2.22. The van der Waals surface area contributed by atoms with Gasteiger partial charge < -0.3 is 10.2 Å². The zero-order chi connectivity index (χ0) is 14.7. The van der Waals surface area contributed by atoms with Gasteiger partial charge in [-0.25, -0.2) is 0 Å². The molecule has 0 aromatic rings. The smallest absolute Gasteiger partial charge is 0.0119 e. The van der Waals surface area contributed by atoms with Crippen LogP contribution >= 0.6 is 0 Å². The second kappa shape index (κ2) is 11.7. The van der Waals surface area contributed by atoms with E-state index in [1.807, 2.05) is 0 Å². The summed E-state index contributed by atoms with van der Waals surface area (Å²) in [5, 5.41) is 3.43. The van der Waals surface area contributed by atoms with Crippen molar-refractivity contribution in [2.45, 2.75) is 73.3 Å². The second-order valence-electron chi connectivity index (χ2n) is 6.51. The molecule has 1 rings (SSSR count). The highest BCUT2D eigenvalue weighted by molar-refractivity contribution is 4.77. The van der Waals surface area contributed by atoms with Gasteiger partial charge in [0.25, 0.3) is 0 Å². The molecule has 2 heteroatoms. The van der Waals surface area contributed by atoms with Crippen molar-refractivity contribution in [2.24, 2.45) is 11.8 Å². The van der Waals surface area contributed by atoms with Gasteiger partial charge >= 0.3 is 0 Å². The quantitative estimate of drug-likeness (QED) is 0.779. The van der Waals surface area contributed by atoms with E-state index in [0.717, 1.165) is 17.9 Å². The van der Waals surface area contributed by atoms with Crippen molar-refractivity contribution in [3.63, 3.8) is 0 Å². The Labute approximate surface area is 122 Å². The van der Waals surface area contributed by atoms with Gasteiger partial charge in [0.2, 0.25) is 0 Å². The van der Waals surface area contributed by atoms with Crippen LogP contribution in [0, 0.1) is 11.8 Å². The summed E-state index contributed by atoms with van der Waals surface area (Å²) in [6.45, 7) is 18.5. The minimum Gasteiger partial charge on any atom is -0.317 e. The molecular weight excluding hydrogens is 232 g/mol. The van der Waals surface area contributed by atoms with Crippen molar-refractivity contribution in [1.29, 1.82) is 0 Å². The molecule has 0 aliphatic carbocycles. The van der Waals surface area contributed by atoms with Crippen LogP contribution in [0.25, 0.3) is 0 Å². The molecule has 1 heterocycles. The Bertz CT molecular complexity index is 172. The molecule has 1 aliphatic heterocycles. The molecule has 1 N–H and O–H groups in total. The number of nitrogens with zero attached hydrogens (tertiary/aromatic N) is 1. The molecule has 0 atom stereocenters. The highest BCUT2D eigenvalue weighted by atomic mass is 15.2. The standard InChI is InChI=1S/C11H24N2.C6H14/c1-3-9-13(10-4-2)11-5-7-12-8-6-11;1-5(2)6(3)4/h11-12H,3-10H2,1-2H3;5-6H,1-4H3. The molecular formula is C17H38N2. The lowest BCUT2D eigenvalue weighted by molar-refractivity contribution is 0.162. The maximum absolute atomic E-state index is 3.43. The molecule has 0 radical (unpaired) electrons. The first-order valence-electron chi connectivity index (χ1n) is 8.47. The van der Waals surface area contributed by atoms with E-state index in [4.69, 9.17) is 0 Å². The Morgan fingerprint density at radius 1 is 0.895 bits per heavy atom. The predicted molar refractivity (Wildman–Crippen MR) is 87.7 cm³/mol. The van der Waals surface area contributed by atoms with Crippen LogP contribution < -0.4 is 5.32 Å². The van der Waals surface area contributed by atoms with Crippen LogP contribution in [0.4, 0.5) is 0 Å². The lowest BCUT2D eigenvalue weighted by Crippen LogP contribution is -2.43. The van der Waals surface area contributed by atoms with Gasteiger partial charge in [-0.3, -0.25) is 0 Å². The minimum absolute atomic E-state index is 0.852. The van der Waals surface area contributed by atoms with E-state index >= 15 is 0 Å².